The van der Waals surface area contributed by atoms with Gasteiger partial charge in [0.2, 0.25) is 0 Å². The van der Waals surface area contributed by atoms with Gasteiger partial charge in [0.15, 0.2) is 0 Å². The van der Waals surface area contributed by atoms with Gasteiger partial charge in [0, 0.05) is 6.42 Å². The number of aldehydes is 1. The molecule has 16 heavy (non-hydrogen) atoms. The van der Waals surface area contributed by atoms with E-state index in [0.29, 0.717) is 6.29 Å². The van der Waals surface area contributed by atoms with Gasteiger partial charge in [0.25, 0.3) is 0 Å². The van der Waals surface area contributed by atoms with Gasteiger partial charge in [-0.2, -0.15) is 8.42 Å². The van der Waals surface area contributed by atoms with Crippen LogP contribution in [0.1, 0.15) is 6.42 Å². The second-order valence-corrected chi connectivity index (χ2v) is 3.55. The van der Waals surface area contributed by atoms with Crippen LogP contribution in [0.15, 0.2) is 0 Å². The topological polar surface area (TPSA) is 173 Å². The van der Waals surface area contributed by atoms with E-state index in [1.165, 1.54) is 0 Å². The van der Waals surface area contributed by atoms with Crippen molar-refractivity contribution in [1.29, 1.82) is 0 Å². The van der Waals surface area contributed by atoms with Gasteiger partial charge in [-0.3, -0.25) is 9.11 Å². The minimum absolute atomic E-state index is 0.252. The fraction of sp³-hybridized carbons (Fsp3) is 0.833. The van der Waals surface area contributed by atoms with Crippen LogP contribution in [0.5, 0.6) is 0 Å². The largest absolute Gasteiger partial charge is 0.394 e. The Balaban J connectivity index is 0. The molecule has 0 amide bonds. The summed E-state index contributed by atoms with van der Waals surface area (Å²) in [5, 5.41) is 34.8. The summed E-state index contributed by atoms with van der Waals surface area (Å²) in [6, 6.07) is 0. The van der Waals surface area contributed by atoms with E-state index in [1.807, 2.05) is 0 Å². The van der Waals surface area contributed by atoms with Crippen LogP contribution in [-0.4, -0.2) is 69.2 Å². The molecule has 0 bridgehead atoms. The number of hydrogen-bond donors (Lipinski definition) is 6. The summed E-state index contributed by atoms with van der Waals surface area (Å²) >= 11 is 0. The lowest BCUT2D eigenvalue weighted by Gasteiger charge is -2.19. The molecule has 0 rings (SSSR count). The molecular weight excluding hydrogens is 248 g/mol. The smallest absolute Gasteiger partial charge is 0.394 e. The minimum atomic E-state index is -4.67. The van der Waals surface area contributed by atoms with E-state index >= 15 is 0 Å². The first-order chi connectivity index (χ1) is 7.13. The standard InChI is InChI=1S/C6H12O5.H2O4S/c7-2-1-4(9)6(11)5(10)3-8;1-5(2,3)4/h2,4-6,8-11H,1,3H2;(H2,1,2,3,4)/t4-,5-,6+;/m1./s1. The normalized spacial score (nSPS) is 16.6. The van der Waals surface area contributed by atoms with Crippen LogP contribution in [-0.2, 0) is 15.2 Å². The van der Waals surface area contributed by atoms with E-state index < -0.39 is 35.3 Å². The van der Waals surface area contributed by atoms with E-state index in [9.17, 15) is 4.79 Å². The summed E-state index contributed by atoms with van der Waals surface area (Å²) in [5.41, 5.74) is 0. The van der Waals surface area contributed by atoms with Crippen LogP contribution in [0.25, 0.3) is 0 Å². The van der Waals surface area contributed by atoms with Crippen LogP contribution in [0.4, 0.5) is 0 Å². The Morgan fingerprint density at radius 3 is 1.69 bits per heavy atom. The van der Waals surface area contributed by atoms with Gasteiger partial charge in [-0.15, -0.1) is 0 Å². The van der Waals surface area contributed by atoms with Gasteiger partial charge in [-0.05, 0) is 0 Å². The van der Waals surface area contributed by atoms with Crippen molar-refractivity contribution in [3.63, 3.8) is 0 Å². The number of aliphatic hydroxyl groups is 4. The minimum Gasteiger partial charge on any atom is -0.394 e. The van der Waals surface area contributed by atoms with Crippen molar-refractivity contribution in [3.05, 3.63) is 0 Å². The Kier molecular flexibility index (Phi) is 9.46. The number of carbonyl (C=O) groups is 1. The molecule has 0 saturated heterocycles. The molecule has 9 nitrogen and oxygen atoms in total. The first-order valence-corrected chi connectivity index (χ1v) is 5.31. The highest BCUT2D eigenvalue weighted by Crippen LogP contribution is 2.01. The maximum Gasteiger partial charge on any atom is 0.394 e. The Morgan fingerprint density at radius 2 is 1.44 bits per heavy atom. The average Bonchev–Trinajstić information content (AvgIpc) is 2.13. The average molecular weight is 262 g/mol. The first kappa shape index (κ1) is 17.8. The molecule has 0 aliphatic rings. The van der Waals surface area contributed by atoms with Gasteiger partial charge in [0.05, 0.1) is 12.7 Å². The van der Waals surface area contributed by atoms with Crippen LogP contribution < -0.4 is 0 Å². The first-order valence-electron chi connectivity index (χ1n) is 3.92. The molecule has 3 atom stereocenters. The highest BCUT2D eigenvalue weighted by atomic mass is 32.3. The second kappa shape index (κ2) is 8.52. The molecule has 10 heteroatoms. The summed E-state index contributed by atoms with van der Waals surface area (Å²) in [7, 11) is -4.67. The quantitative estimate of drug-likeness (QED) is 0.223. The van der Waals surface area contributed by atoms with Crippen molar-refractivity contribution >= 4 is 16.7 Å². The Bertz CT molecular complexity index is 266. The second-order valence-electron chi connectivity index (χ2n) is 2.66. The third-order valence-electron chi connectivity index (χ3n) is 1.31. The predicted molar refractivity (Wildman–Crippen MR) is 50.0 cm³/mol. The maximum atomic E-state index is 9.82. The van der Waals surface area contributed by atoms with Crippen molar-refractivity contribution in [3.8, 4) is 0 Å². The molecule has 0 heterocycles. The van der Waals surface area contributed by atoms with Crippen LogP contribution in [0.2, 0.25) is 0 Å². The fourth-order valence-corrected chi connectivity index (χ4v) is 0.602. The Morgan fingerprint density at radius 1 is 1.06 bits per heavy atom. The fourth-order valence-electron chi connectivity index (χ4n) is 0.602. The predicted octanol–water partition coefficient (Wildman–Crippen LogP) is -3.00. The van der Waals surface area contributed by atoms with Crippen molar-refractivity contribution in [2.45, 2.75) is 24.7 Å². The molecule has 98 valence electrons. The molecule has 0 unspecified atom stereocenters. The monoisotopic (exact) mass is 262 g/mol. The number of hydrogen-bond acceptors (Lipinski definition) is 7. The molecule has 0 aromatic rings. The summed E-state index contributed by atoms with van der Waals surface area (Å²) in [6.07, 6.45) is -4.00. The third kappa shape index (κ3) is 13.4. The van der Waals surface area contributed by atoms with E-state index in [0.717, 1.165) is 0 Å². The lowest BCUT2D eigenvalue weighted by molar-refractivity contribution is -0.115. The summed E-state index contributed by atoms with van der Waals surface area (Å²) in [5.74, 6) is 0. The molecule has 0 fully saturated rings. The lowest BCUT2D eigenvalue weighted by Crippen LogP contribution is -2.39. The molecular formula is C6H14O9S. The van der Waals surface area contributed by atoms with Crippen LogP contribution in [0.3, 0.4) is 0 Å². The summed E-state index contributed by atoms with van der Waals surface area (Å²) in [6.45, 7) is -0.642. The van der Waals surface area contributed by atoms with Gasteiger partial charge in [-0.25, -0.2) is 0 Å². The zero-order valence-corrected chi connectivity index (χ0v) is 8.86. The van der Waals surface area contributed by atoms with E-state index in [4.69, 9.17) is 37.9 Å². The van der Waals surface area contributed by atoms with Crippen molar-refractivity contribution in [2.24, 2.45) is 0 Å². The molecule has 0 saturated carbocycles. The zero-order chi connectivity index (χ0) is 13.4. The molecule has 0 aromatic carbocycles. The third-order valence-corrected chi connectivity index (χ3v) is 1.31. The van der Waals surface area contributed by atoms with Gasteiger partial charge >= 0.3 is 10.4 Å². The maximum absolute atomic E-state index is 9.82. The molecule has 0 spiro atoms. The highest BCUT2D eigenvalue weighted by Gasteiger charge is 2.23. The molecule has 0 aliphatic heterocycles. The van der Waals surface area contributed by atoms with Crippen LogP contribution >= 0.6 is 0 Å². The lowest BCUT2D eigenvalue weighted by atomic mass is 10.1. The van der Waals surface area contributed by atoms with Gasteiger partial charge < -0.3 is 25.2 Å². The number of rotatable bonds is 5. The SMILES string of the molecule is O=CC[C@@H](O)[C@H](O)[C@H](O)CO.O=S(=O)(O)O. The van der Waals surface area contributed by atoms with Gasteiger partial charge in [-0.1, -0.05) is 0 Å². The molecule has 0 radical (unpaired) electrons. The highest BCUT2D eigenvalue weighted by molar-refractivity contribution is 7.79. The van der Waals surface area contributed by atoms with E-state index in [-0.39, 0.29) is 6.42 Å². The Labute approximate surface area is 91.5 Å². The van der Waals surface area contributed by atoms with Crippen molar-refractivity contribution in [1.82, 2.24) is 0 Å². The molecule has 0 aromatic heterocycles. The number of aliphatic hydroxyl groups excluding tert-OH is 4. The van der Waals surface area contributed by atoms with E-state index in [1.54, 1.807) is 0 Å². The van der Waals surface area contributed by atoms with Crippen molar-refractivity contribution < 1.29 is 42.7 Å². The molecule has 0 aliphatic carbocycles. The summed E-state index contributed by atoms with van der Waals surface area (Å²) in [4.78, 5) is 9.82. The number of carbonyl (C=O) groups excluding carboxylic acids is 1. The Hall–Kier alpha value is -0.620. The summed E-state index contributed by atoms with van der Waals surface area (Å²) < 4.78 is 31.6. The zero-order valence-electron chi connectivity index (χ0n) is 8.04. The van der Waals surface area contributed by atoms with Crippen molar-refractivity contribution in [2.75, 3.05) is 6.61 Å². The van der Waals surface area contributed by atoms with E-state index in [2.05, 4.69) is 0 Å². The van der Waals surface area contributed by atoms with Crippen LogP contribution in [0, 0.1) is 0 Å². The van der Waals surface area contributed by atoms with Gasteiger partial charge in [0.1, 0.15) is 18.5 Å². The molecule has 6 N–H and O–H groups in total.